The summed E-state index contributed by atoms with van der Waals surface area (Å²) in [6.45, 7) is 3.67. The van der Waals surface area contributed by atoms with Crippen molar-refractivity contribution in [2.75, 3.05) is 11.1 Å². The van der Waals surface area contributed by atoms with Crippen LogP contribution >= 0.6 is 11.6 Å². The molecule has 10 heteroatoms. The number of amides is 1. The molecule has 1 atom stereocenters. The number of anilines is 2. The Morgan fingerprint density at radius 1 is 1.23 bits per heavy atom. The second kappa shape index (κ2) is 7.93. The molecule has 0 aliphatic rings. The molecule has 0 aliphatic heterocycles. The largest absolute Gasteiger partial charge is 0.382 e. The second-order valence-corrected chi connectivity index (χ2v) is 7.49. The lowest BCUT2D eigenvalue weighted by Gasteiger charge is -2.14. The van der Waals surface area contributed by atoms with Crippen LogP contribution in [0.4, 0.5) is 15.9 Å². The molecule has 2 heterocycles. The summed E-state index contributed by atoms with van der Waals surface area (Å²) in [5, 5.41) is 17.5. The van der Waals surface area contributed by atoms with Crippen molar-refractivity contribution >= 4 is 40.0 Å². The van der Waals surface area contributed by atoms with Crippen LogP contribution in [-0.2, 0) is 4.79 Å². The van der Waals surface area contributed by atoms with E-state index in [0.29, 0.717) is 28.2 Å². The Hall–Kier alpha value is -3.56. The summed E-state index contributed by atoms with van der Waals surface area (Å²) < 4.78 is 15.2. The van der Waals surface area contributed by atoms with E-state index in [1.54, 1.807) is 22.9 Å². The van der Waals surface area contributed by atoms with Crippen molar-refractivity contribution in [3.63, 3.8) is 0 Å². The Morgan fingerprint density at radius 3 is 2.71 bits per heavy atom. The first-order chi connectivity index (χ1) is 14.7. The predicted molar refractivity (Wildman–Crippen MR) is 116 cm³/mol. The predicted octanol–water partition coefficient (Wildman–Crippen LogP) is 3.48. The second-order valence-electron chi connectivity index (χ2n) is 7.05. The van der Waals surface area contributed by atoms with E-state index >= 15 is 0 Å². The number of aryl methyl sites for hydroxylation is 2. The molecule has 0 fully saturated rings. The Balaban J connectivity index is 1.62. The number of aliphatic hydroxyl groups is 1. The normalized spacial score (nSPS) is 12.2. The third-order valence-electron chi connectivity index (χ3n) is 4.80. The van der Waals surface area contributed by atoms with Gasteiger partial charge in [-0.3, -0.25) is 4.79 Å². The molecule has 31 heavy (non-hydrogen) atoms. The first-order valence-electron chi connectivity index (χ1n) is 9.26. The van der Waals surface area contributed by atoms with Gasteiger partial charge in [0.05, 0.1) is 11.4 Å². The van der Waals surface area contributed by atoms with Crippen molar-refractivity contribution in [2.45, 2.75) is 20.0 Å². The minimum atomic E-state index is -1.58. The summed E-state index contributed by atoms with van der Waals surface area (Å²) in [5.74, 6) is -1.05. The fourth-order valence-corrected chi connectivity index (χ4v) is 3.58. The number of nitrogens with zero attached hydrogens (tertiary/aromatic N) is 4. The lowest BCUT2D eigenvalue weighted by molar-refractivity contribution is -0.124. The maximum absolute atomic E-state index is 13.5. The van der Waals surface area contributed by atoms with Gasteiger partial charge in [-0.25, -0.2) is 19.0 Å². The molecule has 4 aromatic rings. The van der Waals surface area contributed by atoms with Crippen LogP contribution in [0.3, 0.4) is 0 Å². The molecule has 2 aromatic carbocycles. The van der Waals surface area contributed by atoms with Gasteiger partial charge >= 0.3 is 0 Å². The van der Waals surface area contributed by atoms with Crippen LogP contribution < -0.4 is 11.1 Å². The molecule has 4 rings (SSSR count). The van der Waals surface area contributed by atoms with E-state index in [0.717, 1.165) is 23.4 Å². The maximum Gasteiger partial charge on any atom is 0.257 e. The van der Waals surface area contributed by atoms with Crippen LogP contribution in [0.2, 0.25) is 5.02 Å². The van der Waals surface area contributed by atoms with Crippen molar-refractivity contribution in [1.82, 2.24) is 19.7 Å². The molecule has 158 valence electrons. The van der Waals surface area contributed by atoms with E-state index in [2.05, 4.69) is 20.4 Å². The molecule has 0 aliphatic carbocycles. The minimum absolute atomic E-state index is 0.0600. The number of fused-ring (bicyclic) bond motifs is 1. The zero-order valence-corrected chi connectivity index (χ0v) is 17.4. The molecule has 2 aromatic heterocycles. The van der Waals surface area contributed by atoms with Crippen molar-refractivity contribution in [1.29, 1.82) is 0 Å². The van der Waals surface area contributed by atoms with E-state index in [9.17, 15) is 14.3 Å². The lowest BCUT2D eigenvalue weighted by Crippen LogP contribution is -2.21. The van der Waals surface area contributed by atoms with Crippen molar-refractivity contribution in [3.05, 3.63) is 70.4 Å². The molecule has 0 saturated carbocycles. The zero-order chi connectivity index (χ0) is 22.3. The lowest BCUT2D eigenvalue weighted by atomic mass is 10.1. The fraction of sp³-hybridized carbons (Fsp3) is 0.143. The smallest absolute Gasteiger partial charge is 0.257 e. The molecular formula is C21H18ClFN6O2. The van der Waals surface area contributed by atoms with E-state index in [1.165, 1.54) is 12.4 Å². The number of aliphatic hydroxyl groups excluding tert-OH is 1. The number of carbonyl (C=O) groups is 1. The highest BCUT2D eigenvalue weighted by molar-refractivity contribution is 6.30. The first-order valence-corrected chi connectivity index (χ1v) is 9.64. The number of nitrogens with one attached hydrogen (secondary N) is 1. The minimum Gasteiger partial charge on any atom is -0.382 e. The van der Waals surface area contributed by atoms with Crippen LogP contribution in [0.1, 0.15) is 22.9 Å². The summed E-state index contributed by atoms with van der Waals surface area (Å²) >= 11 is 5.80. The molecule has 1 amide bonds. The van der Waals surface area contributed by atoms with Gasteiger partial charge in [-0.1, -0.05) is 11.6 Å². The summed E-state index contributed by atoms with van der Waals surface area (Å²) in [4.78, 5) is 20.7. The van der Waals surface area contributed by atoms with Crippen LogP contribution in [0.25, 0.3) is 16.7 Å². The van der Waals surface area contributed by atoms with Gasteiger partial charge in [0.1, 0.15) is 23.2 Å². The Kier molecular flexibility index (Phi) is 5.30. The number of hydrogen-bond acceptors (Lipinski definition) is 6. The van der Waals surface area contributed by atoms with Gasteiger partial charge in [-0.15, -0.1) is 0 Å². The molecule has 0 spiro atoms. The number of halogens is 2. The van der Waals surface area contributed by atoms with Gasteiger partial charge in [-0.05, 0) is 61.4 Å². The van der Waals surface area contributed by atoms with Gasteiger partial charge < -0.3 is 16.2 Å². The highest BCUT2D eigenvalue weighted by Crippen LogP contribution is 2.27. The molecule has 1 unspecified atom stereocenters. The molecule has 0 bridgehead atoms. The summed E-state index contributed by atoms with van der Waals surface area (Å²) in [5.41, 5.74) is 10.0. The van der Waals surface area contributed by atoms with Gasteiger partial charge in [0.25, 0.3) is 5.91 Å². The average molecular weight is 441 g/mol. The quantitative estimate of drug-likeness (QED) is 0.447. The number of aromatic nitrogens is 4. The molecular weight excluding hydrogens is 423 g/mol. The Labute approximate surface area is 181 Å². The monoisotopic (exact) mass is 440 g/mol. The van der Waals surface area contributed by atoms with Gasteiger partial charge in [0, 0.05) is 10.7 Å². The fourth-order valence-electron chi connectivity index (χ4n) is 3.35. The van der Waals surface area contributed by atoms with Crippen LogP contribution in [0, 0.1) is 19.7 Å². The highest BCUT2D eigenvalue weighted by Gasteiger charge is 2.20. The summed E-state index contributed by atoms with van der Waals surface area (Å²) in [7, 11) is 0. The zero-order valence-electron chi connectivity index (χ0n) is 16.6. The number of rotatable bonds is 4. The molecule has 4 N–H and O–H groups in total. The summed E-state index contributed by atoms with van der Waals surface area (Å²) in [6.07, 6.45) is -0.193. The standard InChI is InChI=1S/C21H18ClFN6O2/c1-10-5-15(27-21(31)19(30)12-6-13(22)8-14(23)7-12)3-4-16(10)29-18-17(11(2)28-29)25-9-26-20(18)24/h3-9,19,30H,1-2H3,(H,27,31)(H2,24,25,26). The molecule has 0 radical (unpaired) electrons. The van der Waals surface area contributed by atoms with Crippen LogP contribution in [0.5, 0.6) is 0 Å². The van der Waals surface area contributed by atoms with Crippen LogP contribution in [0.15, 0.2) is 42.7 Å². The number of benzene rings is 2. The van der Waals surface area contributed by atoms with E-state index < -0.39 is 17.8 Å². The molecule has 0 saturated heterocycles. The molecule has 8 nitrogen and oxygen atoms in total. The maximum atomic E-state index is 13.5. The Morgan fingerprint density at radius 2 is 2.00 bits per heavy atom. The van der Waals surface area contributed by atoms with Gasteiger partial charge in [0.2, 0.25) is 0 Å². The number of nitrogen functional groups attached to an aromatic ring is 1. The van der Waals surface area contributed by atoms with E-state index in [1.807, 2.05) is 13.8 Å². The van der Waals surface area contributed by atoms with E-state index in [-0.39, 0.29) is 10.6 Å². The first kappa shape index (κ1) is 20.7. The van der Waals surface area contributed by atoms with Gasteiger partial charge in [0.15, 0.2) is 11.9 Å². The average Bonchev–Trinajstić information content (AvgIpc) is 3.04. The van der Waals surface area contributed by atoms with Crippen LogP contribution in [-0.4, -0.2) is 30.8 Å². The third-order valence-corrected chi connectivity index (χ3v) is 5.01. The van der Waals surface area contributed by atoms with Gasteiger partial charge in [-0.2, -0.15) is 5.10 Å². The third kappa shape index (κ3) is 3.92. The number of hydrogen-bond donors (Lipinski definition) is 3. The van der Waals surface area contributed by atoms with E-state index in [4.69, 9.17) is 17.3 Å². The number of carbonyl (C=O) groups excluding carboxylic acids is 1. The van der Waals surface area contributed by atoms with Crippen molar-refractivity contribution < 1.29 is 14.3 Å². The SMILES string of the molecule is Cc1cc(NC(=O)C(O)c2cc(F)cc(Cl)c2)ccc1-n1nc(C)c2ncnc(N)c21. The van der Waals surface area contributed by atoms with Crippen molar-refractivity contribution in [2.24, 2.45) is 0 Å². The number of nitrogens with two attached hydrogens (primary N) is 1. The summed E-state index contributed by atoms with van der Waals surface area (Å²) in [6, 6.07) is 8.63. The highest BCUT2D eigenvalue weighted by atomic mass is 35.5. The Bertz CT molecular complexity index is 1300. The van der Waals surface area contributed by atoms with Crippen molar-refractivity contribution in [3.8, 4) is 5.69 Å². The topological polar surface area (TPSA) is 119 Å².